The summed E-state index contributed by atoms with van der Waals surface area (Å²) >= 11 is 0. The van der Waals surface area contributed by atoms with Gasteiger partial charge in [0.2, 0.25) is 5.91 Å². The minimum Gasteiger partial charge on any atom is -0.756 e. The van der Waals surface area contributed by atoms with Gasteiger partial charge in [0.15, 0.2) is 0 Å². The Bertz CT molecular complexity index is 1530. The molecule has 0 aromatic carbocycles. The van der Waals surface area contributed by atoms with E-state index in [2.05, 4.69) is 55.6 Å². The largest absolute Gasteiger partial charge is 0.756 e. The summed E-state index contributed by atoms with van der Waals surface area (Å²) in [5.74, 6) is -0.155. The van der Waals surface area contributed by atoms with Crippen molar-refractivity contribution >= 4 is 13.7 Å². The highest BCUT2D eigenvalue weighted by Crippen LogP contribution is 2.38. The van der Waals surface area contributed by atoms with Gasteiger partial charge < -0.3 is 28.8 Å². The molecule has 3 unspecified atom stereocenters. The van der Waals surface area contributed by atoms with E-state index < -0.39 is 20.0 Å². The molecule has 1 amide bonds. The number of nitrogens with zero attached hydrogens (tertiary/aromatic N) is 1. The molecule has 0 radical (unpaired) electrons. The van der Waals surface area contributed by atoms with E-state index in [1.807, 2.05) is 21.1 Å². The van der Waals surface area contributed by atoms with Crippen molar-refractivity contribution in [3.63, 3.8) is 0 Å². The number of quaternary nitrogens is 1. The van der Waals surface area contributed by atoms with Gasteiger partial charge in [0, 0.05) is 6.42 Å². The van der Waals surface area contributed by atoms with E-state index in [1.54, 1.807) is 0 Å². The highest BCUT2D eigenvalue weighted by atomic mass is 31.2. The van der Waals surface area contributed by atoms with Crippen LogP contribution >= 0.6 is 7.82 Å². The molecule has 0 heterocycles. The number of hydrogen-bond acceptors (Lipinski definition) is 6. The fraction of sp³-hybridized carbons (Fsp3) is 0.911. The fourth-order valence-electron chi connectivity index (χ4n) is 12.3. The first-order valence-corrected chi connectivity index (χ1v) is 40.8. The molecule has 0 bridgehead atoms. The summed E-state index contributed by atoms with van der Waals surface area (Å²) in [6.07, 6.45) is 94.0. The Hall–Kier alpha value is -1.28. The second-order valence-electron chi connectivity index (χ2n) is 28.4. The molecule has 0 saturated carbocycles. The number of carbonyl (C=O) groups excluding carboxylic acids is 1. The maximum absolute atomic E-state index is 13.1. The molecular weight excluding hydrogens is 1100 g/mol. The van der Waals surface area contributed by atoms with Crippen LogP contribution in [0.25, 0.3) is 0 Å². The number of unbranched alkanes of at least 4 members (excludes halogenated alkanes) is 55. The number of aliphatic hydroxyl groups is 1. The number of hydrogen-bond donors (Lipinski definition) is 2. The third kappa shape index (κ3) is 72.2. The summed E-state index contributed by atoms with van der Waals surface area (Å²) in [6.45, 7) is 4.78. The first-order chi connectivity index (χ1) is 43.0. The number of likely N-dealkylation sites (N-methyl/N-ethyl adjacent to an activating group) is 1. The van der Waals surface area contributed by atoms with Crippen molar-refractivity contribution in [3.05, 3.63) is 36.5 Å². The van der Waals surface area contributed by atoms with Crippen LogP contribution in [-0.2, 0) is 18.4 Å². The van der Waals surface area contributed by atoms with Crippen LogP contribution < -0.4 is 10.2 Å². The quantitative estimate of drug-likeness (QED) is 0.0272. The zero-order valence-corrected chi connectivity index (χ0v) is 60.9. The molecule has 0 aromatic heterocycles. The Balaban J connectivity index is 3.92. The summed E-state index contributed by atoms with van der Waals surface area (Å²) in [5.41, 5.74) is 0. The Kier molecular flexibility index (Phi) is 69.0. The third-order valence-electron chi connectivity index (χ3n) is 18.4. The van der Waals surface area contributed by atoms with E-state index in [0.717, 1.165) is 51.4 Å². The lowest BCUT2D eigenvalue weighted by atomic mass is 10.0. The zero-order chi connectivity index (χ0) is 64.1. The van der Waals surface area contributed by atoms with E-state index in [9.17, 15) is 19.4 Å². The van der Waals surface area contributed by atoms with Gasteiger partial charge in [-0.3, -0.25) is 9.36 Å². The van der Waals surface area contributed by atoms with Gasteiger partial charge in [-0.25, -0.2) is 0 Å². The molecule has 522 valence electrons. The molecule has 0 fully saturated rings. The average Bonchev–Trinajstić information content (AvgIpc) is 3.70. The zero-order valence-electron chi connectivity index (χ0n) is 60.0. The molecule has 0 aliphatic heterocycles. The summed E-state index contributed by atoms with van der Waals surface area (Å²) in [5, 5.41) is 14.1. The van der Waals surface area contributed by atoms with E-state index in [1.165, 1.54) is 334 Å². The molecule has 0 spiro atoms. The number of aliphatic hydroxyl groups excluding tert-OH is 1. The summed E-state index contributed by atoms with van der Waals surface area (Å²) in [7, 11) is 1.33. The van der Waals surface area contributed by atoms with Gasteiger partial charge in [-0.05, 0) is 51.4 Å². The predicted molar refractivity (Wildman–Crippen MR) is 385 cm³/mol. The van der Waals surface area contributed by atoms with E-state index >= 15 is 0 Å². The Morgan fingerprint density at radius 3 is 0.955 bits per heavy atom. The SMILES string of the molecule is CCCCCCC/C=C\C/C=C\C/C=C\CCCCCCCCCCCCCCCCCCCCCCCCC(=O)NC(COP(=O)([O-])OCC[N+](C)(C)C)C(O)CCCCCCCCCCCCCCCCCCCCCCCCCCCCCCC. The number of amides is 1. The van der Waals surface area contributed by atoms with Crippen LogP contribution in [0.4, 0.5) is 0 Å². The lowest BCUT2D eigenvalue weighted by Gasteiger charge is -2.30. The van der Waals surface area contributed by atoms with Crippen molar-refractivity contribution in [2.24, 2.45) is 0 Å². The van der Waals surface area contributed by atoms with Crippen LogP contribution in [-0.4, -0.2) is 68.5 Å². The molecule has 3 atom stereocenters. The average molecular weight is 1260 g/mol. The Labute approximate surface area is 550 Å². The van der Waals surface area contributed by atoms with E-state index in [4.69, 9.17) is 9.05 Å². The van der Waals surface area contributed by atoms with Crippen molar-refractivity contribution in [1.82, 2.24) is 5.32 Å². The topological polar surface area (TPSA) is 108 Å². The molecule has 88 heavy (non-hydrogen) atoms. The van der Waals surface area contributed by atoms with Crippen LogP contribution in [0.5, 0.6) is 0 Å². The van der Waals surface area contributed by atoms with Gasteiger partial charge in [0.25, 0.3) is 7.82 Å². The second-order valence-corrected chi connectivity index (χ2v) is 29.8. The smallest absolute Gasteiger partial charge is 0.268 e. The molecule has 0 aliphatic rings. The highest BCUT2D eigenvalue weighted by molar-refractivity contribution is 7.45. The Morgan fingerprint density at radius 1 is 0.398 bits per heavy atom. The summed E-state index contributed by atoms with van der Waals surface area (Å²) in [6, 6.07) is -0.801. The van der Waals surface area contributed by atoms with Gasteiger partial charge in [-0.2, -0.15) is 0 Å². The first-order valence-electron chi connectivity index (χ1n) is 39.3. The maximum Gasteiger partial charge on any atom is 0.268 e. The lowest BCUT2D eigenvalue weighted by Crippen LogP contribution is -2.46. The number of rotatable bonds is 74. The minimum atomic E-state index is -4.58. The van der Waals surface area contributed by atoms with Crippen molar-refractivity contribution in [2.45, 2.75) is 424 Å². The minimum absolute atomic E-state index is 0.0149. The first kappa shape index (κ1) is 86.7. The van der Waals surface area contributed by atoms with E-state index in [-0.39, 0.29) is 19.1 Å². The highest BCUT2D eigenvalue weighted by Gasteiger charge is 2.24. The lowest BCUT2D eigenvalue weighted by molar-refractivity contribution is -0.870. The molecule has 0 saturated heterocycles. The standard InChI is InChI=1S/C79H155N2O6P/c1-6-8-10-12-14-16-18-20-22-24-26-28-30-32-34-36-37-38-39-40-41-42-43-45-47-49-51-53-55-57-59-61-63-65-67-69-71-73-79(83)80-77(76-87-88(84,85)86-75-74-81(3,4)5)78(82)72-70-68-66-64-62-60-58-56-54-52-50-48-46-44-35-33-31-29-27-25-23-21-19-17-15-13-11-9-7-2/h18,20,24,26,30,32,77-78,82H,6-17,19,21-23,25,27-29,31,33-76H2,1-5H3,(H-,80,83,84,85)/b20-18-,26-24-,32-30-. The summed E-state index contributed by atoms with van der Waals surface area (Å²) < 4.78 is 23.6. The fourth-order valence-corrected chi connectivity index (χ4v) is 13.0. The van der Waals surface area contributed by atoms with Gasteiger partial charge in [-0.1, -0.05) is 391 Å². The van der Waals surface area contributed by atoms with Crippen molar-refractivity contribution in [1.29, 1.82) is 0 Å². The number of carbonyl (C=O) groups is 1. The number of nitrogens with one attached hydrogen (secondary N) is 1. The third-order valence-corrected chi connectivity index (χ3v) is 19.3. The van der Waals surface area contributed by atoms with Crippen LogP contribution in [0.15, 0.2) is 36.5 Å². The normalized spacial score (nSPS) is 13.7. The van der Waals surface area contributed by atoms with Gasteiger partial charge >= 0.3 is 0 Å². The van der Waals surface area contributed by atoms with Crippen molar-refractivity contribution in [3.8, 4) is 0 Å². The molecule has 0 aromatic rings. The molecule has 0 aliphatic carbocycles. The molecule has 0 rings (SSSR count). The maximum atomic E-state index is 13.1. The van der Waals surface area contributed by atoms with Crippen LogP contribution in [0, 0.1) is 0 Å². The number of phosphoric ester groups is 1. The van der Waals surface area contributed by atoms with Crippen molar-refractivity contribution in [2.75, 3.05) is 40.9 Å². The Morgan fingerprint density at radius 2 is 0.659 bits per heavy atom. The van der Waals surface area contributed by atoms with Crippen LogP contribution in [0.3, 0.4) is 0 Å². The second kappa shape index (κ2) is 70.0. The monoisotopic (exact) mass is 1260 g/mol. The van der Waals surface area contributed by atoms with Gasteiger partial charge in [0.05, 0.1) is 39.9 Å². The summed E-state index contributed by atoms with van der Waals surface area (Å²) in [4.78, 5) is 25.7. The number of phosphoric acid groups is 1. The predicted octanol–water partition coefficient (Wildman–Crippen LogP) is 24.9. The molecule has 2 N–H and O–H groups in total. The molecule has 9 heteroatoms. The van der Waals surface area contributed by atoms with Crippen LogP contribution in [0.1, 0.15) is 412 Å². The number of allylic oxidation sites excluding steroid dienone is 6. The van der Waals surface area contributed by atoms with Gasteiger partial charge in [-0.15, -0.1) is 0 Å². The van der Waals surface area contributed by atoms with Crippen molar-refractivity contribution < 1.29 is 32.9 Å². The molecular formula is C79H155N2O6P. The van der Waals surface area contributed by atoms with E-state index in [0.29, 0.717) is 23.9 Å². The van der Waals surface area contributed by atoms with Gasteiger partial charge in [0.1, 0.15) is 13.2 Å². The van der Waals surface area contributed by atoms with Crippen LogP contribution in [0.2, 0.25) is 0 Å². The molecule has 8 nitrogen and oxygen atoms in total.